The van der Waals surface area contributed by atoms with Gasteiger partial charge in [0.05, 0.1) is 27.4 Å². The summed E-state index contributed by atoms with van der Waals surface area (Å²) in [6.45, 7) is 2.95. The van der Waals surface area contributed by atoms with Gasteiger partial charge >= 0.3 is 0 Å². The van der Waals surface area contributed by atoms with Crippen molar-refractivity contribution in [2.75, 3.05) is 25.2 Å². The van der Waals surface area contributed by atoms with Crippen molar-refractivity contribution in [3.8, 4) is 0 Å². The quantitative estimate of drug-likeness (QED) is 0.181. The van der Waals surface area contributed by atoms with Gasteiger partial charge in [-0.25, -0.2) is 13.4 Å². The second-order valence-corrected chi connectivity index (χ2v) is 13.3. The Balaban J connectivity index is 1.43. The Hall–Kier alpha value is -2.96. The van der Waals surface area contributed by atoms with Gasteiger partial charge in [-0.1, -0.05) is 45.5 Å². The zero-order valence-corrected chi connectivity index (χ0v) is 24.7. The molecule has 1 atom stereocenters. The average molecular weight is 628 g/mol. The number of benzene rings is 3. The first-order valence-electron chi connectivity index (χ1n) is 12.4. The second-order valence-electron chi connectivity index (χ2n) is 9.33. The van der Waals surface area contributed by atoms with Crippen LogP contribution in [-0.4, -0.2) is 56.1 Å². The van der Waals surface area contributed by atoms with Crippen molar-refractivity contribution in [1.82, 2.24) is 9.29 Å². The molecule has 202 valence electrons. The number of aryl methyl sites for hydroxylation is 1. The van der Waals surface area contributed by atoms with Crippen LogP contribution in [0.15, 0.2) is 81.2 Å². The minimum Gasteiger partial charge on any atom is -0.377 e. The lowest BCUT2D eigenvalue weighted by atomic mass is 10.2. The number of ether oxygens (including phenoxy) is 1. The fraction of sp³-hybridized carbons (Fsp3) is 0.250. The first kappa shape index (κ1) is 27.6. The summed E-state index contributed by atoms with van der Waals surface area (Å²) in [5.74, 6) is -0.421. The number of sulfonamides is 1. The number of likely N-dealkylation sites (N-methyl/N-ethyl adjacent to an activating group) is 1. The highest BCUT2D eigenvalue weighted by molar-refractivity contribution is 9.10. The highest BCUT2D eigenvalue weighted by Gasteiger charge is 2.27. The number of carbonyl (C=O) groups excluding carboxylic acids is 1. The Morgan fingerprint density at radius 3 is 2.59 bits per heavy atom. The second kappa shape index (κ2) is 11.6. The molecule has 0 radical (unpaired) electrons. The largest absolute Gasteiger partial charge is 0.377 e. The molecule has 1 fully saturated rings. The third kappa shape index (κ3) is 6.28. The normalized spacial score (nSPS) is 15.9. The Morgan fingerprint density at radius 2 is 1.90 bits per heavy atom. The van der Waals surface area contributed by atoms with Gasteiger partial charge in [-0.3, -0.25) is 4.79 Å². The maximum absolute atomic E-state index is 13.7. The molecule has 0 N–H and O–H groups in total. The van der Waals surface area contributed by atoms with Gasteiger partial charge in [0, 0.05) is 30.2 Å². The minimum absolute atomic E-state index is 0.0969. The smallest absolute Gasteiger partial charge is 0.280 e. The van der Waals surface area contributed by atoms with Crippen molar-refractivity contribution in [2.45, 2.75) is 30.8 Å². The number of nitrogens with zero attached hydrogens (tertiary/aromatic N) is 4. The maximum atomic E-state index is 13.7. The number of hydrogen-bond acceptors (Lipinski definition) is 7. The lowest BCUT2D eigenvalue weighted by molar-refractivity contribution is 0.0978. The molecular weight excluding hydrogens is 600 g/mol. The average Bonchev–Trinajstić information content (AvgIpc) is 3.59. The van der Waals surface area contributed by atoms with Crippen LogP contribution in [0.1, 0.15) is 34.3 Å². The van der Waals surface area contributed by atoms with E-state index in [1.165, 1.54) is 44.9 Å². The molecule has 2 heterocycles. The summed E-state index contributed by atoms with van der Waals surface area (Å²) in [6, 6.07) is 19.4. The van der Waals surface area contributed by atoms with E-state index in [0.29, 0.717) is 23.8 Å². The number of anilines is 1. The molecular formula is C28H27BrN4O4S2. The van der Waals surface area contributed by atoms with E-state index < -0.39 is 15.9 Å². The van der Waals surface area contributed by atoms with Crippen LogP contribution in [0.5, 0.6) is 0 Å². The van der Waals surface area contributed by atoms with E-state index in [4.69, 9.17) is 4.74 Å². The molecule has 1 amide bonds. The Kier molecular flexibility index (Phi) is 8.24. The van der Waals surface area contributed by atoms with Crippen molar-refractivity contribution in [3.05, 3.63) is 87.9 Å². The van der Waals surface area contributed by atoms with Crippen LogP contribution in [0, 0.1) is 6.92 Å². The fourth-order valence-electron chi connectivity index (χ4n) is 4.22. The molecule has 0 aliphatic carbocycles. The monoisotopic (exact) mass is 626 g/mol. The first-order chi connectivity index (χ1) is 18.7. The van der Waals surface area contributed by atoms with E-state index in [1.807, 2.05) is 49.4 Å². The van der Waals surface area contributed by atoms with Crippen molar-refractivity contribution in [1.29, 1.82) is 0 Å². The fourth-order valence-corrected chi connectivity index (χ4v) is 6.70. The first-order valence-corrected chi connectivity index (χ1v) is 15.4. The van der Waals surface area contributed by atoms with Gasteiger partial charge in [-0.05, 0) is 79.4 Å². The van der Waals surface area contributed by atoms with Crippen LogP contribution >= 0.6 is 27.3 Å². The number of carbonyl (C=O) groups is 1. The summed E-state index contributed by atoms with van der Waals surface area (Å²) in [6.07, 6.45) is 3.28. The van der Waals surface area contributed by atoms with Crippen LogP contribution < -0.4 is 5.01 Å². The lowest BCUT2D eigenvalue weighted by Crippen LogP contribution is -2.34. The van der Waals surface area contributed by atoms with Crippen molar-refractivity contribution < 1.29 is 17.9 Å². The minimum atomic E-state index is -3.73. The molecule has 0 saturated carbocycles. The molecule has 8 nitrogen and oxygen atoms in total. The molecule has 1 unspecified atom stereocenters. The number of fused-ring (bicyclic) bond motifs is 1. The van der Waals surface area contributed by atoms with Gasteiger partial charge in [0.1, 0.15) is 0 Å². The standard InChI is InChI=1S/C28H27BrN4O4S2/c1-19-5-14-25-26(16-19)38-28(31-25)33(30-17-20-6-10-22(29)11-7-20)27(34)21-8-12-24(13-9-21)39(35,36)32(2)18-23-4-3-15-37-23/h5-14,16-17,23H,3-4,15,18H2,1-2H3/b30-17+. The van der Waals surface area contributed by atoms with Gasteiger partial charge in [0.25, 0.3) is 5.91 Å². The predicted molar refractivity (Wildman–Crippen MR) is 158 cm³/mol. The Labute approximate surface area is 240 Å². The SMILES string of the molecule is Cc1ccc2nc(N(/N=C/c3ccc(Br)cc3)C(=O)c3ccc(S(=O)(=O)N(C)CC4CCCO4)cc3)sc2c1. The molecule has 1 aliphatic heterocycles. The summed E-state index contributed by atoms with van der Waals surface area (Å²) >= 11 is 4.79. The van der Waals surface area contributed by atoms with Gasteiger partial charge in [-0.15, -0.1) is 0 Å². The van der Waals surface area contributed by atoms with Crippen molar-refractivity contribution >= 4 is 64.8 Å². The van der Waals surface area contributed by atoms with Crippen LogP contribution in [0.3, 0.4) is 0 Å². The molecule has 11 heteroatoms. The number of rotatable bonds is 8. The summed E-state index contributed by atoms with van der Waals surface area (Å²) < 4.78 is 35.0. The molecule has 0 spiro atoms. The number of hydrogen-bond donors (Lipinski definition) is 0. The zero-order valence-electron chi connectivity index (χ0n) is 21.5. The number of hydrazone groups is 1. The number of halogens is 1. The zero-order chi connectivity index (χ0) is 27.6. The summed E-state index contributed by atoms with van der Waals surface area (Å²) in [7, 11) is -2.18. The van der Waals surface area contributed by atoms with Crippen LogP contribution in [-0.2, 0) is 14.8 Å². The van der Waals surface area contributed by atoms with Crippen molar-refractivity contribution in [2.24, 2.45) is 5.10 Å². The molecule has 1 aromatic heterocycles. The summed E-state index contributed by atoms with van der Waals surface area (Å²) in [5.41, 5.74) is 2.96. The van der Waals surface area contributed by atoms with E-state index in [9.17, 15) is 13.2 Å². The van der Waals surface area contributed by atoms with Crippen LogP contribution in [0.4, 0.5) is 5.13 Å². The maximum Gasteiger partial charge on any atom is 0.280 e. The number of thiazole rings is 1. The number of aromatic nitrogens is 1. The highest BCUT2D eigenvalue weighted by Crippen LogP contribution is 2.31. The summed E-state index contributed by atoms with van der Waals surface area (Å²) in [5, 5.41) is 6.17. The van der Waals surface area contributed by atoms with E-state index in [2.05, 4.69) is 26.0 Å². The molecule has 0 bridgehead atoms. The molecule has 1 aliphatic rings. The van der Waals surface area contributed by atoms with E-state index >= 15 is 0 Å². The van der Waals surface area contributed by atoms with Gasteiger partial charge in [0.15, 0.2) is 0 Å². The molecule has 5 rings (SSSR count). The summed E-state index contributed by atoms with van der Waals surface area (Å²) in [4.78, 5) is 18.4. The molecule has 39 heavy (non-hydrogen) atoms. The van der Waals surface area contributed by atoms with E-state index in [0.717, 1.165) is 38.7 Å². The van der Waals surface area contributed by atoms with Crippen molar-refractivity contribution in [3.63, 3.8) is 0 Å². The molecule has 4 aromatic rings. The Morgan fingerprint density at radius 1 is 1.15 bits per heavy atom. The van der Waals surface area contributed by atoms with E-state index in [-0.39, 0.29) is 11.0 Å². The van der Waals surface area contributed by atoms with Gasteiger partial charge in [-0.2, -0.15) is 14.4 Å². The number of amides is 1. The third-order valence-corrected chi connectivity index (χ3v) is 9.75. The lowest BCUT2D eigenvalue weighted by Gasteiger charge is -2.20. The third-order valence-electron chi connectivity index (χ3n) is 6.39. The van der Waals surface area contributed by atoms with Crippen LogP contribution in [0.2, 0.25) is 0 Å². The van der Waals surface area contributed by atoms with Gasteiger partial charge in [0.2, 0.25) is 15.2 Å². The van der Waals surface area contributed by atoms with Crippen LogP contribution in [0.25, 0.3) is 10.2 Å². The predicted octanol–water partition coefficient (Wildman–Crippen LogP) is 5.85. The molecule has 3 aromatic carbocycles. The molecule has 1 saturated heterocycles. The topological polar surface area (TPSA) is 92.2 Å². The Bertz CT molecular complexity index is 1610. The highest BCUT2D eigenvalue weighted by atomic mass is 79.9. The van der Waals surface area contributed by atoms with Gasteiger partial charge < -0.3 is 4.74 Å². The van der Waals surface area contributed by atoms with E-state index in [1.54, 1.807) is 13.3 Å².